The van der Waals surface area contributed by atoms with E-state index in [1.54, 1.807) is 6.92 Å². The molecule has 0 N–H and O–H groups in total. The number of aromatic nitrogens is 2. The van der Waals surface area contributed by atoms with Crippen LogP contribution in [0.4, 0.5) is 0 Å². The van der Waals surface area contributed by atoms with E-state index in [1.807, 2.05) is 11.8 Å². The first-order valence-electron chi connectivity index (χ1n) is 7.42. The molecule has 0 spiro atoms. The highest BCUT2D eigenvalue weighted by molar-refractivity contribution is 5.77. The predicted octanol–water partition coefficient (Wildman–Crippen LogP) is 0.603. The summed E-state index contributed by atoms with van der Waals surface area (Å²) in [6, 6.07) is 0. The molecule has 3 atom stereocenters. The number of ether oxygens (including phenoxy) is 2. The second kappa shape index (κ2) is 6.11. The molecular formula is C14H21N3O4. The maximum atomic E-state index is 12.1. The molecule has 0 radical (unpaired) electrons. The van der Waals surface area contributed by atoms with Gasteiger partial charge in [-0.25, -0.2) is 0 Å². The monoisotopic (exact) mass is 295 g/mol. The topological polar surface area (TPSA) is 77.7 Å². The van der Waals surface area contributed by atoms with E-state index >= 15 is 0 Å². The number of rotatable bonds is 4. The summed E-state index contributed by atoms with van der Waals surface area (Å²) in [7, 11) is 0. The number of amides is 1. The summed E-state index contributed by atoms with van der Waals surface area (Å²) in [6.07, 6.45) is 0. The van der Waals surface area contributed by atoms with E-state index in [0.717, 1.165) is 6.54 Å². The number of hydrogen-bond acceptors (Lipinski definition) is 6. The summed E-state index contributed by atoms with van der Waals surface area (Å²) < 4.78 is 16.2. The van der Waals surface area contributed by atoms with Crippen LogP contribution in [0.25, 0.3) is 0 Å². The van der Waals surface area contributed by atoms with Crippen molar-refractivity contribution in [2.45, 2.75) is 19.8 Å². The lowest BCUT2D eigenvalue weighted by Crippen LogP contribution is -2.33. The van der Waals surface area contributed by atoms with Gasteiger partial charge in [-0.1, -0.05) is 5.16 Å². The Morgan fingerprint density at radius 3 is 3.00 bits per heavy atom. The highest BCUT2D eigenvalue weighted by Crippen LogP contribution is 2.39. The van der Waals surface area contributed by atoms with Crippen molar-refractivity contribution in [1.82, 2.24) is 15.0 Å². The first-order chi connectivity index (χ1) is 10.2. The van der Waals surface area contributed by atoms with Crippen LogP contribution in [-0.4, -0.2) is 60.5 Å². The standard InChI is InChI=1S/C14H21N3O4/c1-3-19-8-13(18)17-4-10-6-20-7-12(11(10)5-17)14-15-9(2)16-21-14/h10-12H,3-8H2,1-2H3/t10-,11-,12+/m1/s1. The Morgan fingerprint density at radius 2 is 2.29 bits per heavy atom. The summed E-state index contributed by atoms with van der Waals surface area (Å²) >= 11 is 0. The fourth-order valence-corrected chi connectivity index (χ4v) is 3.20. The van der Waals surface area contributed by atoms with Crippen molar-refractivity contribution in [3.8, 4) is 0 Å². The van der Waals surface area contributed by atoms with E-state index in [4.69, 9.17) is 14.0 Å². The van der Waals surface area contributed by atoms with E-state index in [9.17, 15) is 4.79 Å². The van der Waals surface area contributed by atoms with E-state index in [-0.39, 0.29) is 18.4 Å². The molecule has 0 unspecified atom stereocenters. The van der Waals surface area contributed by atoms with E-state index < -0.39 is 0 Å². The highest BCUT2D eigenvalue weighted by Gasteiger charge is 2.44. The third-order valence-corrected chi connectivity index (χ3v) is 4.28. The molecule has 7 heteroatoms. The van der Waals surface area contributed by atoms with Gasteiger partial charge in [0.2, 0.25) is 11.8 Å². The fraction of sp³-hybridized carbons (Fsp3) is 0.786. The van der Waals surface area contributed by atoms with E-state index in [2.05, 4.69) is 10.1 Å². The van der Waals surface area contributed by atoms with E-state index in [1.165, 1.54) is 0 Å². The third-order valence-electron chi connectivity index (χ3n) is 4.28. The Kier molecular flexibility index (Phi) is 4.21. The fourth-order valence-electron chi connectivity index (χ4n) is 3.20. The largest absolute Gasteiger partial charge is 0.380 e. The lowest BCUT2D eigenvalue weighted by atomic mass is 9.83. The number of likely N-dealkylation sites (tertiary alicyclic amines) is 1. The molecule has 3 rings (SSSR count). The van der Waals surface area contributed by atoms with Gasteiger partial charge in [-0.15, -0.1) is 0 Å². The average Bonchev–Trinajstić information content (AvgIpc) is 3.10. The second-order valence-electron chi connectivity index (χ2n) is 5.68. The number of fused-ring (bicyclic) bond motifs is 1. The number of aryl methyl sites for hydroxylation is 1. The molecule has 7 nitrogen and oxygen atoms in total. The quantitative estimate of drug-likeness (QED) is 0.809. The lowest BCUT2D eigenvalue weighted by Gasteiger charge is -2.30. The minimum absolute atomic E-state index is 0.0479. The predicted molar refractivity (Wildman–Crippen MR) is 72.6 cm³/mol. The van der Waals surface area contributed by atoms with Crippen molar-refractivity contribution in [3.05, 3.63) is 11.7 Å². The van der Waals surface area contributed by atoms with Crippen molar-refractivity contribution in [2.75, 3.05) is 39.5 Å². The van der Waals surface area contributed by atoms with Crippen LogP contribution in [0.2, 0.25) is 0 Å². The van der Waals surface area contributed by atoms with Crippen LogP contribution < -0.4 is 0 Å². The Balaban J connectivity index is 1.69. The van der Waals surface area contributed by atoms with Gasteiger partial charge in [-0.2, -0.15) is 4.98 Å². The molecule has 0 aromatic carbocycles. The summed E-state index contributed by atoms with van der Waals surface area (Å²) in [6.45, 7) is 7.11. The first kappa shape index (κ1) is 14.5. The maximum absolute atomic E-state index is 12.1. The Hall–Kier alpha value is -1.47. The zero-order valence-corrected chi connectivity index (χ0v) is 12.4. The molecule has 2 aliphatic heterocycles. The molecule has 1 aromatic heterocycles. The first-order valence-corrected chi connectivity index (χ1v) is 7.42. The van der Waals surface area contributed by atoms with Crippen molar-refractivity contribution in [1.29, 1.82) is 0 Å². The van der Waals surface area contributed by atoms with Crippen molar-refractivity contribution in [2.24, 2.45) is 11.8 Å². The van der Waals surface area contributed by atoms with Gasteiger partial charge in [-0.05, 0) is 19.8 Å². The smallest absolute Gasteiger partial charge is 0.248 e. The van der Waals surface area contributed by atoms with Crippen molar-refractivity contribution < 1.29 is 18.8 Å². The van der Waals surface area contributed by atoms with E-state index in [0.29, 0.717) is 49.9 Å². The summed E-state index contributed by atoms with van der Waals surface area (Å²) in [5, 5.41) is 3.86. The van der Waals surface area contributed by atoms with Crippen LogP contribution in [0.3, 0.4) is 0 Å². The Bertz CT molecular complexity index is 504. The molecular weight excluding hydrogens is 274 g/mol. The van der Waals surface area contributed by atoms with Gasteiger partial charge in [0.15, 0.2) is 5.82 Å². The number of carbonyl (C=O) groups is 1. The van der Waals surface area contributed by atoms with Crippen LogP contribution in [0.15, 0.2) is 4.52 Å². The molecule has 3 heterocycles. The minimum Gasteiger partial charge on any atom is -0.380 e. The highest BCUT2D eigenvalue weighted by atomic mass is 16.5. The molecule has 21 heavy (non-hydrogen) atoms. The van der Waals surface area contributed by atoms with Crippen LogP contribution in [0.1, 0.15) is 24.6 Å². The zero-order chi connectivity index (χ0) is 14.8. The van der Waals surface area contributed by atoms with Gasteiger partial charge in [0.1, 0.15) is 6.61 Å². The number of hydrogen-bond donors (Lipinski definition) is 0. The van der Waals surface area contributed by atoms with Crippen molar-refractivity contribution >= 4 is 5.91 Å². The lowest BCUT2D eigenvalue weighted by molar-refractivity contribution is -0.135. The SMILES string of the molecule is CCOCC(=O)N1C[C@@H]2COC[C@H](c3nc(C)no3)[C@@H]2C1. The average molecular weight is 295 g/mol. The molecule has 116 valence electrons. The molecule has 0 saturated carbocycles. The molecule has 1 amide bonds. The molecule has 0 aliphatic carbocycles. The summed E-state index contributed by atoms with van der Waals surface area (Å²) in [4.78, 5) is 18.3. The minimum atomic E-state index is 0.0479. The Morgan fingerprint density at radius 1 is 1.43 bits per heavy atom. The van der Waals surface area contributed by atoms with Gasteiger partial charge >= 0.3 is 0 Å². The molecule has 2 aliphatic rings. The summed E-state index contributed by atoms with van der Waals surface area (Å²) in [5.74, 6) is 2.04. The van der Waals surface area contributed by atoms with Crippen LogP contribution in [0.5, 0.6) is 0 Å². The van der Waals surface area contributed by atoms with Gasteiger partial charge in [-0.3, -0.25) is 4.79 Å². The molecule has 2 saturated heterocycles. The number of carbonyl (C=O) groups excluding carboxylic acids is 1. The van der Waals surface area contributed by atoms with Crippen LogP contribution >= 0.6 is 0 Å². The molecule has 0 bridgehead atoms. The molecule has 2 fully saturated rings. The van der Waals surface area contributed by atoms with Gasteiger partial charge < -0.3 is 18.9 Å². The number of nitrogens with zero attached hydrogens (tertiary/aromatic N) is 3. The zero-order valence-electron chi connectivity index (χ0n) is 12.4. The van der Waals surface area contributed by atoms with Crippen molar-refractivity contribution in [3.63, 3.8) is 0 Å². The second-order valence-corrected chi connectivity index (χ2v) is 5.68. The van der Waals surface area contributed by atoms with Crippen LogP contribution in [-0.2, 0) is 14.3 Å². The normalized spacial score (nSPS) is 28.7. The third kappa shape index (κ3) is 2.94. The van der Waals surface area contributed by atoms with Gasteiger partial charge in [0, 0.05) is 25.6 Å². The molecule has 1 aromatic rings. The maximum Gasteiger partial charge on any atom is 0.248 e. The Labute approximate surface area is 123 Å². The van der Waals surface area contributed by atoms with Gasteiger partial charge in [0.05, 0.1) is 19.1 Å². The van der Waals surface area contributed by atoms with Gasteiger partial charge in [0.25, 0.3) is 0 Å². The summed E-state index contributed by atoms with van der Waals surface area (Å²) in [5.41, 5.74) is 0. The van der Waals surface area contributed by atoms with Crippen LogP contribution in [0, 0.1) is 18.8 Å².